The monoisotopic (exact) mass is 798 g/mol. The maximum absolute atomic E-state index is 13.6. The van der Waals surface area contributed by atoms with Crippen LogP contribution in [0.25, 0.3) is 109 Å². The Kier molecular flexibility index (Phi) is 7.25. The number of ether oxygens (including phenoxy) is 4. The Morgan fingerprint density at radius 2 is 0.717 bits per heavy atom. The molecule has 0 aliphatic carbocycles. The van der Waals surface area contributed by atoms with Crippen LogP contribution in [0.15, 0.2) is 110 Å². The predicted molar refractivity (Wildman–Crippen MR) is 230 cm³/mol. The van der Waals surface area contributed by atoms with E-state index in [1.54, 1.807) is 36.4 Å². The summed E-state index contributed by atoms with van der Waals surface area (Å²) in [5.41, 5.74) is 2.64. The van der Waals surface area contributed by atoms with Crippen molar-refractivity contribution in [2.75, 3.05) is 28.4 Å². The van der Waals surface area contributed by atoms with E-state index in [-0.39, 0.29) is 43.9 Å². The van der Waals surface area contributed by atoms with Gasteiger partial charge in [0.1, 0.15) is 0 Å². The molecule has 11 aromatic rings. The van der Waals surface area contributed by atoms with Crippen molar-refractivity contribution in [1.82, 2.24) is 0 Å². The molecule has 0 unspecified atom stereocenters. The van der Waals surface area contributed by atoms with Gasteiger partial charge in [0.25, 0.3) is 0 Å². The lowest BCUT2D eigenvalue weighted by molar-refractivity contribution is 0.406. The minimum Gasteiger partial charge on any atom is -0.493 e. The fourth-order valence-corrected chi connectivity index (χ4v) is 9.12. The van der Waals surface area contributed by atoms with Crippen LogP contribution in [0.5, 0.6) is 23.0 Å². The Morgan fingerprint density at radius 3 is 1.10 bits per heavy atom. The maximum Gasteiger partial charge on any atom is 0.344 e. The molecule has 0 aliphatic heterocycles. The average Bonchev–Trinajstić information content (AvgIpc) is 3.26. The van der Waals surface area contributed by atoms with Gasteiger partial charge in [0, 0.05) is 32.7 Å². The molecule has 0 spiro atoms. The van der Waals surface area contributed by atoms with Gasteiger partial charge in [0.05, 0.1) is 50.0 Å². The first-order valence-corrected chi connectivity index (χ1v) is 18.9. The molecule has 0 radical (unpaired) electrons. The zero-order valence-electron chi connectivity index (χ0n) is 32.8. The highest BCUT2D eigenvalue weighted by atomic mass is 16.5. The topological polar surface area (TPSA) is 158 Å². The number of methoxy groups -OCH3 is 4. The SMILES string of the molecule is COc1ccc2c(=O)oc3c(OC)c(-c4ccc5c(c4)c(C)c(C)c4cc(-c6cc7c(=O)oc8c(OC)ccc9c(=O)oc(c6OC)c7c89)ccc45)cc4c(=O)oc1c2c34. The predicted octanol–water partition coefficient (Wildman–Crippen LogP) is 9.59. The van der Waals surface area contributed by atoms with Crippen molar-refractivity contribution in [3.05, 3.63) is 126 Å². The van der Waals surface area contributed by atoms with Crippen LogP contribution in [0.4, 0.5) is 0 Å². The van der Waals surface area contributed by atoms with Crippen LogP contribution in [-0.2, 0) is 0 Å². The summed E-state index contributed by atoms with van der Waals surface area (Å²) in [6, 6.07) is 21.7. The normalized spacial score (nSPS) is 12.1. The van der Waals surface area contributed by atoms with Gasteiger partial charge in [-0.1, -0.05) is 24.3 Å². The van der Waals surface area contributed by atoms with Crippen molar-refractivity contribution < 1.29 is 36.6 Å². The quantitative estimate of drug-likeness (QED) is 0.116. The Balaban J connectivity index is 1.12. The van der Waals surface area contributed by atoms with Gasteiger partial charge in [-0.05, 0) is 106 Å². The molecule has 4 aromatic heterocycles. The molecule has 0 saturated carbocycles. The molecule has 7 aromatic carbocycles. The zero-order chi connectivity index (χ0) is 41.5. The van der Waals surface area contributed by atoms with E-state index in [0.717, 1.165) is 43.8 Å². The van der Waals surface area contributed by atoms with Crippen molar-refractivity contribution in [2.24, 2.45) is 0 Å². The van der Waals surface area contributed by atoms with E-state index in [9.17, 15) is 19.2 Å². The highest BCUT2D eigenvalue weighted by Crippen LogP contribution is 2.47. The lowest BCUT2D eigenvalue weighted by atomic mass is 9.88. The molecule has 4 heterocycles. The van der Waals surface area contributed by atoms with E-state index >= 15 is 0 Å². The molecule has 12 nitrogen and oxygen atoms in total. The Hall–Kier alpha value is -7.86. The first kappa shape index (κ1) is 35.3. The molecule has 0 saturated heterocycles. The van der Waals surface area contributed by atoms with Gasteiger partial charge in [-0.3, -0.25) is 0 Å². The third-order valence-electron chi connectivity index (χ3n) is 12.0. The van der Waals surface area contributed by atoms with Crippen molar-refractivity contribution in [1.29, 1.82) is 0 Å². The Bertz CT molecular complexity index is 3680. The Morgan fingerprint density at radius 1 is 0.367 bits per heavy atom. The highest BCUT2D eigenvalue weighted by Gasteiger charge is 2.27. The van der Waals surface area contributed by atoms with E-state index in [0.29, 0.717) is 55.7 Å². The molecule has 0 N–H and O–H groups in total. The first-order chi connectivity index (χ1) is 29.1. The van der Waals surface area contributed by atoms with Gasteiger partial charge < -0.3 is 36.6 Å². The summed E-state index contributed by atoms with van der Waals surface area (Å²) in [6.45, 7) is 4.07. The molecule has 0 atom stereocenters. The van der Waals surface area contributed by atoms with Gasteiger partial charge in [-0.2, -0.15) is 0 Å². The van der Waals surface area contributed by atoms with E-state index < -0.39 is 22.5 Å². The van der Waals surface area contributed by atoms with Gasteiger partial charge in [0.15, 0.2) is 45.3 Å². The standard InChI is InChI=1S/C48H30O12/c1-19-20(2)28-16-22(30-18-32-38-36-26(46(50)60-44(38)40(30)56-6)12-14-34(54-4)42(36)58-48(32)52)8-10-24(28)23-9-7-21(15-27(19)23)29-17-31-37-35-25(45(49)59-43(37)39(29)55-5)11-13-33(53-3)41(35)57-47(31)51/h7-18H,1-6H3. The number of rotatable bonds is 6. The summed E-state index contributed by atoms with van der Waals surface area (Å²) in [6.07, 6.45) is 0. The fourth-order valence-electron chi connectivity index (χ4n) is 9.12. The van der Waals surface area contributed by atoms with E-state index in [4.69, 9.17) is 36.6 Å². The summed E-state index contributed by atoms with van der Waals surface area (Å²) in [5.74, 6) is 1.21. The van der Waals surface area contributed by atoms with E-state index in [1.165, 1.54) is 28.4 Å². The van der Waals surface area contributed by atoms with Crippen molar-refractivity contribution in [3.8, 4) is 45.3 Å². The van der Waals surface area contributed by atoms with E-state index in [2.05, 4.69) is 0 Å². The Labute approximate surface area is 335 Å². The van der Waals surface area contributed by atoms with Crippen LogP contribution in [0, 0.1) is 13.8 Å². The molecule has 12 heteroatoms. The van der Waals surface area contributed by atoms with Crippen molar-refractivity contribution in [2.45, 2.75) is 13.8 Å². The largest absolute Gasteiger partial charge is 0.493 e. The summed E-state index contributed by atoms with van der Waals surface area (Å²) < 4.78 is 46.2. The number of hydrogen-bond donors (Lipinski definition) is 0. The summed E-state index contributed by atoms with van der Waals surface area (Å²) in [7, 11) is 5.91. The molecular weight excluding hydrogens is 769 g/mol. The lowest BCUT2D eigenvalue weighted by Gasteiger charge is -2.18. The second kappa shape index (κ2) is 12.3. The first-order valence-electron chi connectivity index (χ1n) is 18.9. The van der Waals surface area contributed by atoms with Crippen molar-refractivity contribution in [3.63, 3.8) is 0 Å². The average molecular weight is 799 g/mol. The number of benzene rings is 7. The molecule has 11 rings (SSSR count). The van der Waals surface area contributed by atoms with Crippen molar-refractivity contribution >= 4 is 87.0 Å². The minimum atomic E-state index is -0.615. The molecule has 60 heavy (non-hydrogen) atoms. The molecule has 0 bridgehead atoms. The van der Waals surface area contributed by atoms with Gasteiger partial charge in [0.2, 0.25) is 0 Å². The smallest absolute Gasteiger partial charge is 0.344 e. The van der Waals surface area contributed by atoms with Crippen LogP contribution in [0.1, 0.15) is 11.1 Å². The zero-order valence-corrected chi connectivity index (χ0v) is 32.8. The third-order valence-corrected chi connectivity index (χ3v) is 12.0. The van der Waals surface area contributed by atoms with Crippen LogP contribution >= 0.6 is 0 Å². The van der Waals surface area contributed by atoms with Gasteiger partial charge in [-0.15, -0.1) is 0 Å². The summed E-state index contributed by atoms with van der Waals surface area (Å²) >= 11 is 0. The lowest BCUT2D eigenvalue weighted by Crippen LogP contribution is -2.08. The minimum absolute atomic E-state index is 0.131. The number of fused-ring (bicyclic) bond motifs is 3. The molecule has 0 amide bonds. The summed E-state index contributed by atoms with van der Waals surface area (Å²) in [5, 5.41) is 6.45. The second-order valence-corrected chi connectivity index (χ2v) is 14.8. The van der Waals surface area contributed by atoms with Gasteiger partial charge in [-0.25, -0.2) is 19.2 Å². The second-order valence-electron chi connectivity index (χ2n) is 14.8. The van der Waals surface area contributed by atoms with Crippen LogP contribution in [-0.4, -0.2) is 28.4 Å². The van der Waals surface area contributed by atoms with Gasteiger partial charge >= 0.3 is 22.5 Å². The highest BCUT2D eigenvalue weighted by molar-refractivity contribution is 6.24. The van der Waals surface area contributed by atoms with E-state index in [1.807, 2.05) is 50.2 Å². The molecule has 294 valence electrons. The molecule has 0 aliphatic rings. The number of hydrogen-bond acceptors (Lipinski definition) is 12. The number of aryl methyl sites for hydroxylation is 2. The van der Waals surface area contributed by atoms with Crippen LogP contribution in [0.3, 0.4) is 0 Å². The van der Waals surface area contributed by atoms with Crippen LogP contribution < -0.4 is 41.4 Å². The molecule has 0 fully saturated rings. The van der Waals surface area contributed by atoms with Crippen LogP contribution in [0.2, 0.25) is 0 Å². The third kappa shape index (κ3) is 4.49. The molecular formula is C48H30O12. The summed E-state index contributed by atoms with van der Waals surface area (Å²) in [4.78, 5) is 53.9. The fraction of sp³-hybridized carbons (Fsp3) is 0.125. The maximum atomic E-state index is 13.6.